The average Bonchev–Trinajstić information content (AvgIpc) is 3.05. The molecule has 0 bridgehead atoms. The summed E-state index contributed by atoms with van der Waals surface area (Å²) in [6.45, 7) is 0.652. The van der Waals surface area contributed by atoms with E-state index < -0.39 is 0 Å². The van der Waals surface area contributed by atoms with Crippen LogP contribution in [0.5, 0.6) is 5.75 Å². The SMILES string of the molecule is COC(=O)[C@@H]1CC(Oc2ccccc2Cc2ccccc2)CN1. The van der Waals surface area contributed by atoms with E-state index in [1.165, 1.54) is 12.7 Å². The summed E-state index contributed by atoms with van der Waals surface area (Å²) in [5.74, 6) is 0.655. The fourth-order valence-corrected chi connectivity index (χ4v) is 2.88. The average molecular weight is 311 g/mol. The summed E-state index contributed by atoms with van der Waals surface area (Å²) in [7, 11) is 1.41. The van der Waals surface area contributed by atoms with E-state index in [0.29, 0.717) is 13.0 Å². The van der Waals surface area contributed by atoms with Crippen LogP contribution in [0.1, 0.15) is 17.5 Å². The molecule has 1 aliphatic rings. The largest absolute Gasteiger partial charge is 0.489 e. The summed E-state index contributed by atoms with van der Waals surface area (Å²) in [4.78, 5) is 11.6. The van der Waals surface area contributed by atoms with Gasteiger partial charge < -0.3 is 14.8 Å². The number of ether oxygens (including phenoxy) is 2. The van der Waals surface area contributed by atoms with Crippen LogP contribution in [0.15, 0.2) is 54.6 Å². The molecule has 0 amide bonds. The van der Waals surface area contributed by atoms with Crippen molar-refractivity contribution in [1.82, 2.24) is 5.32 Å². The maximum Gasteiger partial charge on any atom is 0.323 e. The second kappa shape index (κ2) is 7.29. The van der Waals surface area contributed by atoms with Gasteiger partial charge in [0.2, 0.25) is 0 Å². The number of carbonyl (C=O) groups excluding carboxylic acids is 1. The van der Waals surface area contributed by atoms with E-state index >= 15 is 0 Å². The Morgan fingerprint density at radius 2 is 1.87 bits per heavy atom. The second-order valence-electron chi connectivity index (χ2n) is 5.73. The van der Waals surface area contributed by atoms with Crippen molar-refractivity contribution in [3.05, 3.63) is 65.7 Å². The Labute approximate surface area is 136 Å². The Bertz CT molecular complexity index is 657. The molecule has 2 aromatic carbocycles. The van der Waals surface area contributed by atoms with Gasteiger partial charge in [-0.05, 0) is 17.2 Å². The van der Waals surface area contributed by atoms with E-state index in [2.05, 4.69) is 23.5 Å². The fourth-order valence-electron chi connectivity index (χ4n) is 2.88. The van der Waals surface area contributed by atoms with E-state index in [0.717, 1.165) is 17.7 Å². The van der Waals surface area contributed by atoms with Crippen molar-refractivity contribution in [1.29, 1.82) is 0 Å². The predicted octanol–water partition coefficient (Wildman–Crippen LogP) is 2.56. The minimum atomic E-state index is -0.272. The number of esters is 1. The number of hydrogen-bond acceptors (Lipinski definition) is 4. The van der Waals surface area contributed by atoms with Gasteiger partial charge in [-0.15, -0.1) is 0 Å². The zero-order valence-electron chi connectivity index (χ0n) is 13.2. The van der Waals surface area contributed by atoms with Crippen molar-refractivity contribution in [2.45, 2.75) is 25.0 Å². The van der Waals surface area contributed by atoms with Gasteiger partial charge in [0.1, 0.15) is 17.9 Å². The van der Waals surface area contributed by atoms with Crippen LogP contribution in [0, 0.1) is 0 Å². The maximum atomic E-state index is 11.6. The third-order valence-corrected chi connectivity index (χ3v) is 4.08. The monoisotopic (exact) mass is 311 g/mol. The van der Waals surface area contributed by atoms with E-state index in [4.69, 9.17) is 9.47 Å². The Hall–Kier alpha value is -2.33. The highest BCUT2D eigenvalue weighted by molar-refractivity contribution is 5.76. The van der Waals surface area contributed by atoms with Crippen molar-refractivity contribution in [3.63, 3.8) is 0 Å². The molecule has 0 saturated carbocycles. The van der Waals surface area contributed by atoms with Gasteiger partial charge in [-0.2, -0.15) is 0 Å². The standard InChI is InChI=1S/C19H21NO3/c1-22-19(21)17-12-16(13-20-17)23-18-10-6-5-9-15(18)11-14-7-3-2-4-8-14/h2-10,16-17,20H,11-13H2,1H3/t16?,17-/m0/s1. The summed E-state index contributed by atoms with van der Waals surface area (Å²) in [6, 6.07) is 18.1. The first kappa shape index (κ1) is 15.6. The highest BCUT2D eigenvalue weighted by Crippen LogP contribution is 2.24. The smallest absolute Gasteiger partial charge is 0.323 e. The van der Waals surface area contributed by atoms with Crippen LogP contribution in [-0.2, 0) is 16.0 Å². The molecule has 23 heavy (non-hydrogen) atoms. The van der Waals surface area contributed by atoms with Gasteiger partial charge in [0.15, 0.2) is 0 Å². The van der Waals surface area contributed by atoms with Crippen LogP contribution in [0.25, 0.3) is 0 Å². The van der Waals surface area contributed by atoms with Crippen LogP contribution in [-0.4, -0.2) is 31.8 Å². The van der Waals surface area contributed by atoms with E-state index in [9.17, 15) is 4.79 Å². The van der Waals surface area contributed by atoms with Gasteiger partial charge in [-0.1, -0.05) is 48.5 Å². The van der Waals surface area contributed by atoms with Crippen molar-refractivity contribution in [3.8, 4) is 5.75 Å². The van der Waals surface area contributed by atoms with Crippen LogP contribution >= 0.6 is 0 Å². The Morgan fingerprint density at radius 3 is 2.65 bits per heavy atom. The Morgan fingerprint density at radius 1 is 1.13 bits per heavy atom. The van der Waals surface area contributed by atoms with Crippen LogP contribution < -0.4 is 10.1 Å². The van der Waals surface area contributed by atoms with Crippen molar-refractivity contribution in [2.24, 2.45) is 0 Å². The Kier molecular flexibility index (Phi) is 4.93. The third-order valence-electron chi connectivity index (χ3n) is 4.08. The highest BCUT2D eigenvalue weighted by atomic mass is 16.5. The predicted molar refractivity (Wildman–Crippen MR) is 88.5 cm³/mol. The lowest BCUT2D eigenvalue weighted by Gasteiger charge is -2.16. The molecule has 0 aromatic heterocycles. The number of carbonyl (C=O) groups is 1. The van der Waals surface area contributed by atoms with Gasteiger partial charge in [-0.25, -0.2) is 0 Å². The molecule has 2 aromatic rings. The first-order chi connectivity index (χ1) is 11.3. The van der Waals surface area contributed by atoms with Crippen molar-refractivity contribution < 1.29 is 14.3 Å². The van der Waals surface area contributed by atoms with Crippen molar-refractivity contribution in [2.75, 3.05) is 13.7 Å². The molecule has 1 N–H and O–H groups in total. The summed E-state index contributed by atoms with van der Waals surface area (Å²) < 4.78 is 10.9. The minimum Gasteiger partial charge on any atom is -0.489 e. The van der Waals surface area contributed by atoms with Crippen molar-refractivity contribution >= 4 is 5.97 Å². The number of benzene rings is 2. The normalized spacial score (nSPS) is 20.2. The number of para-hydroxylation sites is 1. The molecule has 4 heteroatoms. The molecular formula is C19H21NO3. The van der Waals surface area contributed by atoms with Gasteiger partial charge >= 0.3 is 5.97 Å². The molecule has 1 saturated heterocycles. The number of hydrogen-bond donors (Lipinski definition) is 1. The third kappa shape index (κ3) is 3.90. The molecule has 120 valence electrons. The van der Waals surface area contributed by atoms with E-state index in [-0.39, 0.29) is 18.1 Å². The van der Waals surface area contributed by atoms with Crippen LogP contribution in [0.4, 0.5) is 0 Å². The van der Waals surface area contributed by atoms with E-state index in [1.54, 1.807) is 0 Å². The summed E-state index contributed by atoms with van der Waals surface area (Å²) in [5, 5.41) is 3.15. The number of nitrogens with one attached hydrogen (secondary N) is 1. The molecule has 1 unspecified atom stereocenters. The zero-order chi connectivity index (χ0) is 16.1. The zero-order valence-corrected chi connectivity index (χ0v) is 13.2. The number of rotatable bonds is 5. The lowest BCUT2D eigenvalue weighted by molar-refractivity contribution is -0.142. The first-order valence-corrected chi connectivity index (χ1v) is 7.86. The maximum absolute atomic E-state index is 11.6. The topological polar surface area (TPSA) is 47.6 Å². The fraction of sp³-hybridized carbons (Fsp3) is 0.316. The molecule has 4 nitrogen and oxygen atoms in total. The lowest BCUT2D eigenvalue weighted by atomic mass is 10.0. The molecule has 1 heterocycles. The second-order valence-corrected chi connectivity index (χ2v) is 5.73. The highest BCUT2D eigenvalue weighted by Gasteiger charge is 2.31. The Balaban J connectivity index is 1.68. The molecule has 2 atom stereocenters. The van der Waals surface area contributed by atoms with Gasteiger partial charge in [0.25, 0.3) is 0 Å². The molecule has 1 fully saturated rings. The summed E-state index contributed by atoms with van der Waals surface area (Å²) in [5.41, 5.74) is 2.40. The molecule has 3 rings (SSSR count). The summed E-state index contributed by atoms with van der Waals surface area (Å²) >= 11 is 0. The van der Waals surface area contributed by atoms with Crippen LogP contribution in [0.3, 0.4) is 0 Å². The van der Waals surface area contributed by atoms with Gasteiger partial charge in [0, 0.05) is 19.4 Å². The van der Waals surface area contributed by atoms with Crippen LogP contribution in [0.2, 0.25) is 0 Å². The molecule has 0 aliphatic carbocycles. The van der Waals surface area contributed by atoms with E-state index in [1.807, 2.05) is 36.4 Å². The minimum absolute atomic E-state index is 0.0176. The molecular weight excluding hydrogens is 290 g/mol. The lowest BCUT2D eigenvalue weighted by Crippen LogP contribution is -2.31. The molecule has 0 spiro atoms. The first-order valence-electron chi connectivity index (χ1n) is 7.86. The summed E-state index contributed by atoms with van der Waals surface area (Å²) in [6.07, 6.45) is 1.44. The molecule has 0 radical (unpaired) electrons. The van der Waals surface area contributed by atoms with Gasteiger partial charge in [0.05, 0.1) is 7.11 Å². The molecule has 1 aliphatic heterocycles. The quantitative estimate of drug-likeness (QED) is 0.862. The van der Waals surface area contributed by atoms with Gasteiger partial charge in [-0.3, -0.25) is 4.79 Å². The number of methoxy groups -OCH3 is 1.